The summed E-state index contributed by atoms with van der Waals surface area (Å²) in [7, 11) is 0. The molecule has 1 aliphatic heterocycles. The van der Waals surface area contributed by atoms with Crippen LogP contribution in [0.25, 0.3) is 10.6 Å². The number of carbonyl (C=O) groups excluding carboxylic acids is 1. The lowest BCUT2D eigenvalue weighted by molar-refractivity contribution is -0.139. The molecule has 25 heavy (non-hydrogen) atoms. The molecule has 0 aliphatic carbocycles. The van der Waals surface area contributed by atoms with Crippen LogP contribution in [0.3, 0.4) is 0 Å². The van der Waals surface area contributed by atoms with Crippen LogP contribution in [0.4, 0.5) is 0 Å². The highest BCUT2D eigenvalue weighted by atomic mass is 32.1. The summed E-state index contributed by atoms with van der Waals surface area (Å²) in [5.41, 5.74) is 1.97. The van der Waals surface area contributed by atoms with Crippen molar-refractivity contribution in [1.29, 1.82) is 0 Å². The van der Waals surface area contributed by atoms with E-state index in [0.717, 1.165) is 16.3 Å². The Morgan fingerprint density at radius 3 is 2.92 bits per heavy atom. The molecule has 1 aromatic carbocycles. The van der Waals surface area contributed by atoms with Crippen molar-refractivity contribution in [3.8, 4) is 10.6 Å². The van der Waals surface area contributed by atoms with Gasteiger partial charge in [-0.05, 0) is 12.1 Å². The van der Waals surface area contributed by atoms with Crippen LogP contribution in [0.1, 0.15) is 17.5 Å². The number of furan rings is 1. The molecule has 4 rings (SSSR count). The SMILES string of the molecule is O=C(Cc1ccco1)N1CCOC[C@@H]1c1csc(-c2ccccc2)n1. The van der Waals surface area contributed by atoms with Gasteiger partial charge in [-0.25, -0.2) is 4.98 Å². The third-order valence-electron chi connectivity index (χ3n) is 4.24. The zero-order valence-corrected chi connectivity index (χ0v) is 14.4. The zero-order chi connectivity index (χ0) is 17.1. The van der Waals surface area contributed by atoms with Crippen molar-refractivity contribution >= 4 is 17.2 Å². The zero-order valence-electron chi connectivity index (χ0n) is 13.6. The fourth-order valence-electron chi connectivity index (χ4n) is 2.96. The molecule has 1 aliphatic rings. The Morgan fingerprint density at radius 1 is 1.24 bits per heavy atom. The van der Waals surface area contributed by atoms with Crippen molar-refractivity contribution in [2.45, 2.75) is 12.5 Å². The molecule has 0 unspecified atom stereocenters. The van der Waals surface area contributed by atoms with Crippen molar-refractivity contribution in [2.24, 2.45) is 0 Å². The largest absolute Gasteiger partial charge is 0.469 e. The van der Waals surface area contributed by atoms with E-state index < -0.39 is 0 Å². The topological polar surface area (TPSA) is 55.6 Å². The minimum Gasteiger partial charge on any atom is -0.469 e. The predicted molar refractivity (Wildman–Crippen MR) is 95.2 cm³/mol. The first-order valence-electron chi connectivity index (χ1n) is 8.22. The maximum Gasteiger partial charge on any atom is 0.230 e. The van der Waals surface area contributed by atoms with Gasteiger partial charge in [0.2, 0.25) is 5.91 Å². The first kappa shape index (κ1) is 16.1. The average molecular weight is 354 g/mol. The van der Waals surface area contributed by atoms with Gasteiger partial charge in [0, 0.05) is 17.5 Å². The fourth-order valence-corrected chi connectivity index (χ4v) is 3.84. The lowest BCUT2D eigenvalue weighted by Crippen LogP contribution is -2.44. The molecular formula is C19H18N2O3S. The number of benzene rings is 1. The van der Waals surface area contributed by atoms with Gasteiger partial charge in [-0.1, -0.05) is 30.3 Å². The highest BCUT2D eigenvalue weighted by Crippen LogP contribution is 2.30. The fraction of sp³-hybridized carbons (Fsp3) is 0.263. The number of aromatic nitrogens is 1. The average Bonchev–Trinajstić information content (AvgIpc) is 3.34. The molecule has 0 spiro atoms. The number of morpholine rings is 1. The van der Waals surface area contributed by atoms with E-state index >= 15 is 0 Å². The van der Waals surface area contributed by atoms with Gasteiger partial charge in [0.1, 0.15) is 10.8 Å². The first-order chi connectivity index (χ1) is 12.3. The summed E-state index contributed by atoms with van der Waals surface area (Å²) in [6.07, 6.45) is 1.85. The number of rotatable bonds is 4. The smallest absolute Gasteiger partial charge is 0.230 e. The normalized spacial score (nSPS) is 17.6. The van der Waals surface area contributed by atoms with Gasteiger partial charge in [-0.3, -0.25) is 4.79 Å². The van der Waals surface area contributed by atoms with Gasteiger partial charge >= 0.3 is 0 Å². The summed E-state index contributed by atoms with van der Waals surface area (Å²) < 4.78 is 10.9. The van der Waals surface area contributed by atoms with Crippen molar-refractivity contribution in [2.75, 3.05) is 19.8 Å². The summed E-state index contributed by atoms with van der Waals surface area (Å²) in [5.74, 6) is 0.719. The molecule has 2 aromatic heterocycles. The summed E-state index contributed by atoms with van der Waals surface area (Å²) in [6, 6.07) is 13.5. The van der Waals surface area contributed by atoms with E-state index in [0.29, 0.717) is 25.5 Å². The maximum atomic E-state index is 12.7. The summed E-state index contributed by atoms with van der Waals surface area (Å²) in [4.78, 5) is 19.3. The third kappa shape index (κ3) is 3.50. The molecule has 1 saturated heterocycles. The number of hydrogen-bond donors (Lipinski definition) is 0. The second kappa shape index (κ2) is 7.21. The van der Waals surface area contributed by atoms with Crippen molar-refractivity contribution in [3.05, 3.63) is 65.6 Å². The molecule has 1 fully saturated rings. The molecular weight excluding hydrogens is 336 g/mol. The molecule has 6 heteroatoms. The molecule has 1 atom stereocenters. The third-order valence-corrected chi connectivity index (χ3v) is 5.15. The molecule has 3 heterocycles. The molecule has 0 bridgehead atoms. The van der Waals surface area contributed by atoms with Gasteiger partial charge in [-0.15, -0.1) is 11.3 Å². The molecule has 0 N–H and O–H groups in total. The van der Waals surface area contributed by atoms with Gasteiger partial charge in [-0.2, -0.15) is 0 Å². The highest BCUT2D eigenvalue weighted by molar-refractivity contribution is 7.13. The van der Waals surface area contributed by atoms with E-state index in [2.05, 4.69) is 0 Å². The van der Waals surface area contributed by atoms with Crippen LogP contribution in [-0.2, 0) is 16.0 Å². The summed E-state index contributed by atoms with van der Waals surface area (Å²) >= 11 is 1.59. The Balaban J connectivity index is 1.55. The minimum absolute atomic E-state index is 0.0394. The van der Waals surface area contributed by atoms with Gasteiger partial charge in [0.25, 0.3) is 0 Å². The van der Waals surface area contributed by atoms with E-state index in [-0.39, 0.29) is 18.4 Å². The van der Waals surface area contributed by atoms with Gasteiger partial charge in [0.15, 0.2) is 0 Å². The number of carbonyl (C=O) groups is 1. The molecule has 0 radical (unpaired) electrons. The van der Waals surface area contributed by atoms with Gasteiger partial charge in [0.05, 0.1) is 37.6 Å². The summed E-state index contributed by atoms with van der Waals surface area (Å²) in [6.45, 7) is 1.60. The lowest BCUT2D eigenvalue weighted by atomic mass is 10.1. The second-order valence-electron chi connectivity index (χ2n) is 5.88. The lowest BCUT2D eigenvalue weighted by Gasteiger charge is -2.34. The van der Waals surface area contributed by atoms with Crippen LogP contribution in [0.15, 0.2) is 58.5 Å². The van der Waals surface area contributed by atoms with Crippen molar-refractivity contribution in [1.82, 2.24) is 9.88 Å². The molecule has 3 aromatic rings. The maximum absolute atomic E-state index is 12.7. The van der Waals surface area contributed by atoms with E-state index in [1.807, 2.05) is 46.7 Å². The summed E-state index contributed by atoms with van der Waals surface area (Å²) in [5, 5.41) is 2.98. The Kier molecular flexibility index (Phi) is 4.63. The molecule has 128 valence electrons. The van der Waals surface area contributed by atoms with Crippen LogP contribution in [-0.4, -0.2) is 35.5 Å². The number of nitrogens with zero attached hydrogens (tertiary/aromatic N) is 2. The number of thiazole rings is 1. The Hall–Kier alpha value is -2.44. The van der Waals surface area contributed by atoms with E-state index in [1.165, 1.54) is 0 Å². The monoisotopic (exact) mass is 354 g/mol. The Bertz CT molecular complexity index is 829. The van der Waals surface area contributed by atoms with Crippen LogP contribution in [0.2, 0.25) is 0 Å². The van der Waals surface area contributed by atoms with Crippen LogP contribution >= 0.6 is 11.3 Å². The number of hydrogen-bond acceptors (Lipinski definition) is 5. The standard InChI is InChI=1S/C19H18N2O3S/c22-18(11-15-7-4-9-24-15)21-8-10-23-12-17(21)16-13-25-19(20-16)14-5-2-1-3-6-14/h1-7,9,13,17H,8,10-12H2/t17-/m1/s1. The van der Waals surface area contributed by atoms with E-state index in [9.17, 15) is 4.79 Å². The van der Waals surface area contributed by atoms with Crippen LogP contribution < -0.4 is 0 Å². The van der Waals surface area contributed by atoms with Crippen molar-refractivity contribution in [3.63, 3.8) is 0 Å². The Labute approximate surface area is 149 Å². The highest BCUT2D eigenvalue weighted by Gasteiger charge is 2.30. The first-order valence-corrected chi connectivity index (χ1v) is 9.09. The van der Waals surface area contributed by atoms with Crippen molar-refractivity contribution < 1.29 is 13.9 Å². The predicted octanol–water partition coefficient (Wildman–Crippen LogP) is 3.55. The van der Waals surface area contributed by atoms with Gasteiger partial charge < -0.3 is 14.1 Å². The Morgan fingerprint density at radius 2 is 2.12 bits per heavy atom. The van der Waals surface area contributed by atoms with Crippen LogP contribution in [0, 0.1) is 0 Å². The quantitative estimate of drug-likeness (QED) is 0.719. The van der Waals surface area contributed by atoms with E-state index in [1.54, 1.807) is 23.7 Å². The van der Waals surface area contributed by atoms with Crippen LogP contribution in [0.5, 0.6) is 0 Å². The number of amides is 1. The van der Waals surface area contributed by atoms with E-state index in [4.69, 9.17) is 14.1 Å². The molecule has 5 nitrogen and oxygen atoms in total. The second-order valence-corrected chi connectivity index (χ2v) is 6.74. The minimum atomic E-state index is -0.148. The number of ether oxygens (including phenoxy) is 1. The molecule has 0 saturated carbocycles. The molecule has 1 amide bonds.